The van der Waals surface area contributed by atoms with Crippen LogP contribution in [0.5, 0.6) is 0 Å². The third kappa shape index (κ3) is 5.00. The lowest BCUT2D eigenvalue weighted by molar-refractivity contribution is 0.489. The van der Waals surface area contributed by atoms with Crippen LogP contribution in [-0.2, 0) is 11.3 Å². The standard InChI is InChI=1S/C12H18N3O/c13-6-2-1-5-12(10-16)15-9-11-4-3-7-14-8-11/h3-4,7-8,12,15H,1-2,5-6,9,13H2/t12-/m0/s1. The van der Waals surface area contributed by atoms with Gasteiger partial charge in [0.2, 0.25) is 6.29 Å². The lowest BCUT2D eigenvalue weighted by Crippen LogP contribution is -2.30. The summed E-state index contributed by atoms with van der Waals surface area (Å²) in [4.78, 5) is 14.7. The van der Waals surface area contributed by atoms with E-state index in [0.717, 1.165) is 24.8 Å². The Balaban J connectivity index is 2.26. The molecule has 16 heavy (non-hydrogen) atoms. The van der Waals surface area contributed by atoms with E-state index < -0.39 is 0 Å². The number of hydrogen-bond acceptors (Lipinski definition) is 4. The summed E-state index contributed by atoms with van der Waals surface area (Å²) in [5.74, 6) is 0. The van der Waals surface area contributed by atoms with Gasteiger partial charge >= 0.3 is 0 Å². The van der Waals surface area contributed by atoms with E-state index in [1.54, 1.807) is 12.4 Å². The zero-order valence-corrected chi connectivity index (χ0v) is 9.36. The SMILES string of the molecule is NCCCC[C@@H]([C]=O)NCc1cccnc1. The van der Waals surface area contributed by atoms with Crippen LogP contribution >= 0.6 is 0 Å². The number of carbonyl (C=O) groups excluding carboxylic acids is 1. The van der Waals surface area contributed by atoms with Gasteiger partial charge in [0.1, 0.15) is 0 Å². The summed E-state index contributed by atoms with van der Waals surface area (Å²) in [6.45, 7) is 1.32. The largest absolute Gasteiger partial charge is 0.330 e. The van der Waals surface area contributed by atoms with Crippen molar-refractivity contribution in [3.05, 3.63) is 30.1 Å². The summed E-state index contributed by atoms with van der Waals surface area (Å²) in [6.07, 6.45) is 8.22. The van der Waals surface area contributed by atoms with Crippen molar-refractivity contribution in [1.82, 2.24) is 10.3 Å². The average molecular weight is 220 g/mol. The fourth-order valence-corrected chi connectivity index (χ4v) is 1.44. The number of nitrogens with two attached hydrogens (primary N) is 1. The molecule has 1 heterocycles. The fourth-order valence-electron chi connectivity index (χ4n) is 1.44. The molecule has 0 fully saturated rings. The molecule has 0 aliphatic carbocycles. The van der Waals surface area contributed by atoms with Crippen LogP contribution in [0.3, 0.4) is 0 Å². The minimum Gasteiger partial charge on any atom is -0.330 e. The van der Waals surface area contributed by atoms with E-state index in [2.05, 4.69) is 10.3 Å². The summed E-state index contributed by atoms with van der Waals surface area (Å²) in [5, 5.41) is 3.14. The lowest BCUT2D eigenvalue weighted by atomic mass is 10.1. The summed E-state index contributed by atoms with van der Waals surface area (Å²) < 4.78 is 0. The van der Waals surface area contributed by atoms with Crippen LogP contribution in [-0.4, -0.2) is 23.9 Å². The second-order valence-corrected chi connectivity index (χ2v) is 3.70. The maximum absolute atomic E-state index is 10.7. The normalized spacial score (nSPS) is 12.3. The summed E-state index contributed by atoms with van der Waals surface area (Å²) in [6, 6.07) is 3.65. The number of aromatic nitrogens is 1. The zero-order chi connectivity index (χ0) is 11.6. The van der Waals surface area contributed by atoms with Crippen molar-refractivity contribution in [3.63, 3.8) is 0 Å². The predicted octanol–water partition coefficient (Wildman–Crippen LogP) is 0.778. The van der Waals surface area contributed by atoms with E-state index in [1.807, 2.05) is 18.4 Å². The molecule has 1 radical (unpaired) electrons. The van der Waals surface area contributed by atoms with Gasteiger partial charge in [-0.15, -0.1) is 0 Å². The Morgan fingerprint density at radius 3 is 3.00 bits per heavy atom. The molecule has 1 rings (SSSR count). The molecule has 0 bridgehead atoms. The van der Waals surface area contributed by atoms with Gasteiger partial charge in [0.25, 0.3) is 0 Å². The van der Waals surface area contributed by atoms with Gasteiger partial charge in [-0.25, -0.2) is 0 Å². The van der Waals surface area contributed by atoms with Crippen molar-refractivity contribution in [2.45, 2.75) is 31.8 Å². The van der Waals surface area contributed by atoms with Crippen molar-refractivity contribution in [2.24, 2.45) is 5.73 Å². The van der Waals surface area contributed by atoms with Crippen molar-refractivity contribution >= 4 is 6.29 Å². The Hall–Kier alpha value is -1.26. The van der Waals surface area contributed by atoms with Gasteiger partial charge in [-0.3, -0.25) is 9.78 Å². The molecule has 87 valence electrons. The number of unbranched alkanes of at least 4 members (excludes halogenated alkanes) is 1. The van der Waals surface area contributed by atoms with Crippen molar-refractivity contribution < 1.29 is 4.79 Å². The molecule has 0 saturated heterocycles. The first-order chi connectivity index (χ1) is 7.86. The second kappa shape index (κ2) is 7.96. The molecule has 0 aromatic carbocycles. The molecule has 1 atom stereocenters. The maximum atomic E-state index is 10.7. The summed E-state index contributed by atoms with van der Waals surface area (Å²) in [7, 11) is 0. The minimum absolute atomic E-state index is 0.202. The fraction of sp³-hybridized carbons (Fsp3) is 0.500. The predicted molar refractivity (Wildman–Crippen MR) is 63.5 cm³/mol. The molecule has 0 saturated carbocycles. The number of pyridine rings is 1. The summed E-state index contributed by atoms with van der Waals surface area (Å²) in [5.41, 5.74) is 6.46. The highest BCUT2D eigenvalue weighted by atomic mass is 16.1. The van der Waals surface area contributed by atoms with Crippen LogP contribution in [0, 0.1) is 0 Å². The molecular formula is C12H18N3O. The van der Waals surface area contributed by atoms with E-state index in [1.165, 1.54) is 0 Å². The first-order valence-electron chi connectivity index (χ1n) is 5.57. The Bertz CT molecular complexity index is 290. The van der Waals surface area contributed by atoms with E-state index in [-0.39, 0.29) is 6.04 Å². The van der Waals surface area contributed by atoms with Crippen molar-refractivity contribution in [2.75, 3.05) is 6.54 Å². The maximum Gasteiger partial charge on any atom is 0.216 e. The number of hydrogen-bond donors (Lipinski definition) is 2. The Kier molecular flexibility index (Phi) is 6.37. The first-order valence-corrected chi connectivity index (χ1v) is 5.57. The third-order valence-electron chi connectivity index (χ3n) is 2.36. The monoisotopic (exact) mass is 220 g/mol. The topological polar surface area (TPSA) is 68.0 Å². The van der Waals surface area contributed by atoms with E-state index >= 15 is 0 Å². The molecule has 0 aliphatic heterocycles. The number of nitrogens with one attached hydrogen (secondary N) is 1. The van der Waals surface area contributed by atoms with E-state index in [4.69, 9.17) is 5.73 Å². The average Bonchev–Trinajstić information content (AvgIpc) is 2.35. The summed E-state index contributed by atoms with van der Waals surface area (Å²) >= 11 is 0. The number of nitrogens with zero attached hydrogens (tertiary/aromatic N) is 1. The third-order valence-corrected chi connectivity index (χ3v) is 2.36. The Morgan fingerprint density at radius 1 is 1.50 bits per heavy atom. The second-order valence-electron chi connectivity index (χ2n) is 3.70. The van der Waals surface area contributed by atoms with Crippen molar-refractivity contribution in [3.8, 4) is 0 Å². The van der Waals surface area contributed by atoms with Gasteiger partial charge in [0, 0.05) is 18.9 Å². The van der Waals surface area contributed by atoms with E-state index in [0.29, 0.717) is 13.1 Å². The van der Waals surface area contributed by atoms with Crippen molar-refractivity contribution in [1.29, 1.82) is 0 Å². The Morgan fingerprint density at radius 2 is 2.38 bits per heavy atom. The Labute approximate surface area is 96.3 Å². The highest BCUT2D eigenvalue weighted by Crippen LogP contribution is 2.00. The van der Waals surface area contributed by atoms with Gasteiger partial charge in [-0.1, -0.05) is 12.5 Å². The van der Waals surface area contributed by atoms with Gasteiger partial charge < -0.3 is 11.1 Å². The lowest BCUT2D eigenvalue weighted by Gasteiger charge is -2.11. The molecule has 0 aliphatic rings. The van der Waals surface area contributed by atoms with Crippen LogP contribution in [0.25, 0.3) is 0 Å². The molecule has 3 N–H and O–H groups in total. The highest BCUT2D eigenvalue weighted by Gasteiger charge is 2.06. The van der Waals surface area contributed by atoms with Crippen LogP contribution in [0.1, 0.15) is 24.8 Å². The smallest absolute Gasteiger partial charge is 0.216 e. The van der Waals surface area contributed by atoms with Gasteiger partial charge in [0.05, 0.1) is 6.04 Å². The molecule has 1 aromatic rings. The minimum atomic E-state index is -0.202. The molecule has 0 spiro atoms. The quantitative estimate of drug-likeness (QED) is 0.635. The molecule has 4 nitrogen and oxygen atoms in total. The number of rotatable bonds is 8. The zero-order valence-electron chi connectivity index (χ0n) is 9.36. The molecule has 0 amide bonds. The van der Waals surface area contributed by atoms with Crippen LogP contribution in [0.4, 0.5) is 0 Å². The molecule has 0 unspecified atom stereocenters. The van der Waals surface area contributed by atoms with Crippen LogP contribution in [0.15, 0.2) is 24.5 Å². The van der Waals surface area contributed by atoms with E-state index in [9.17, 15) is 4.79 Å². The molecule has 1 aromatic heterocycles. The van der Waals surface area contributed by atoms with Crippen LogP contribution in [0.2, 0.25) is 0 Å². The highest BCUT2D eigenvalue weighted by molar-refractivity contribution is 5.58. The van der Waals surface area contributed by atoms with Gasteiger partial charge in [-0.05, 0) is 31.0 Å². The van der Waals surface area contributed by atoms with Crippen LogP contribution < -0.4 is 11.1 Å². The molecule has 4 heteroatoms. The molecular weight excluding hydrogens is 202 g/mol. The van der Waals surface area contributed by atoms with Gasteiger partial charge in [-0.2, -0.15) is 0 Å². The first kappa shape index (κ1) is 12.8. The van der Waals surface area contributed by atoms with Gasteiger partial charge in [0.15, 0.2) is 0 Å².